The summed E-state index contributed by atoms with van der Waals surface area (Å²) in [6, 6.07) is 0. The van der Waals surface area contributed by atoms with Crippen LogP contribution in [0.15, 0.2) is 12.4 Å². The fourth-order valence-corrected chi connectivity index (χ4v) is 2.24. The van der Waals surface area contributed by atoms with E-state index < -0.39 is 0 Å². The van der Waals surface area contributed by atoms with E-state index in [1.165, 1.54) is 0 Å². The van der Waals surface area contributed by atoms with Gasteiger partial charge in [0, 0.05) is 12.4 Å². The van der Waals surface area contributed by atoms with E-state index in [-0.39, 0.29) is 0 Å². The van der Waals surface area contributed by atoms with Gasteiger partial charge in [0.1, 0.15) is 5.15 Å². The van der Waals surface area contributed by atoms with Crippen LogP contribution < -0.4 is 0 Å². The van der Waals surface area contributed by atoms with Crippen LogP contribution >= 0.6 is 34.2 Å². The molecule has 0 saturated carbocycles. The lowest BCUT2D eigenvalue weighted by Gasteiger charge is -2.09. The van der Waals surface area contributed by atoms with Crippen molar-refractivity contribution in [3.63, 3.8) is 0 Å². The molecule has 0 N–H and O–H groups in total. The molecule has 0 bridgehead atoms. The van der Waals surface area contributed by atoms with Crippen LogP contribution in [-0.4, -0.2) is 19.9 Å². The average Bonchev–Trinajstić information content (AvgIpc) is 2.35. The highest BCUT2D eigenvalue weighted by Crippen LogP contribution is 2.24. The first kappa shape index (κ1) is 14.6. The van der Waals surface area contributed by atoms with E-state index in [0.29, 0.717) is 22.7 Å². The Kier molecular flexibility index (Phi) is 4.67. The normalized spacial score (nSPS) is 11.1. The Hall–Kier alpha value is -0.820. The van der Waals surface area contributed by atoms with Crippen molar-refractivity contribution < 1.29 is 0 Å². The van der Waals surface area contributed by atoms with Gasteiger partial charge in [-0.05, 0) is 47.4 Å². The summed E-state index contributed by atoms with van der Waals surface area (Å²) in [5.41, 5.74) is 1.96. The number of aromatic nitrogens is 4. The molecule has 19 heavy (non-hydrogen) atoms. The molecule has 0 spiro atoms. The first-order valence-electron chi connectivity index (χ1n) is 5.98. The second-order valence-corrected chi connectivity index (χ2v) is 6.22. The molecular formula is C13H14ClIN4. The van der Waals surface area contributed by atoms with Crippen molar-refractivity contribution in [1.82, 2.24) is 19.9 Å². The quantitative estimate of drug-likeness (QED) is 0.594. The Labute approximate surface area is 131 Å². The summed E-state index contributed by atoms with van der Waals surface area (Å²) < 4.78 is 0.906. The Morgan fingerprint density at radius 3 is 2.37 bits per heavy atom. The fourth-order valence-electron chi connectivity index (χ4n) is 1.59. The van der Waals surface area contributed by atoms with E-state index in [9.17, 15) is 0 Å². The topological polar surface area (TPSA) is 51.6 Å². The first-order valence-corrected chi connectivity index (χ1v) is 7.44. The van der Waals surface area contributed by atoms with Gasteiger partial charge in [-0.1, -0.05) is 25.4 Å². The van der Waals surface area contributed by atoms with E-state index in [2.05, 4.69) is 56.4 Å². The van der Waals surface area contributed by atoms with E-state index >= 15 is 0 Å². The Morgan fingerprint density at radius 2 is 1.79 bits per heavy atom. The minimum atomic E-state index is 0.463. The summed E-state index contributed by atoms with van der Waals surface area (Å²) in [5.74, 6) is 1.50. The summed E-state index contributed by atoms with van der Waals surface area (Å²) in [4.78, 5) is 17.3. The minimum absolute atomic E-state index is 0.463. The van der Waals surface area contributed by atoms with Crippen molar-refractivity contribution in [2.24, 2.45) is 5.92 Å². The maximum Gasteiger partial charge on any atom is 0.199 e. The van der Waals surface area contributed by atoms with Gasteiger partial charge in [-0.3, -0.25) is 0 Å². The van der Waals surface area contributed by atoms with Gasteiger partial charge in [-0.25, -0.2) is 19.9 Å². The highest BCUT2D eigenvalue weighted by molar-refractivity contribution is 14.1. The lowest BCUT2D eigenvalue weighted by atomic mass is 10.1. The maximum atomic E-state index is 6.17. The molecule has 2 rings (SSSR count). The lowest BCUT2D eigenvalue weighted by molar-refractivity contribution is 0.632. The van der Waals surface area contributed by atoms with E-state index in [1.54, 1.807) is 12.4 Å². The molecule has 0 aliphatic heterocycles. The molecule has 0 radical (unpaired) electrons. The number of hydrogen-bond acceptors (Lipinski definition) is 4. The first-order chi connectivity index (χ1) is 8.97. The Morgan fingerprint density at radius 1 is 1.16 bits per heavy atom. The monoisotopic (exact) mass is 388 g/mol. The minimum Gasteiger partial charge on any atom is -0.234 e. The molecule has 0 aromatic carbocycles. The van der Waals surface area contributed by atoms with Crippen molar-refractivity contribution in [3.05, 3.63) is 32.4 Å². The van der Waals surface area contributed by atoms with Crippen LogP contribution in [0.5, 0.6) is 0 Å². The third kappa shape index (κ3) is 3.60. The molecule has 100 valence electrons. The zero-order valence-electron chi connectivity index (χ0n) is 11.0. The van der Waals surface area contributed by atoms with Gasteiger partial charge >= 0.3 is 0 Å². The molecule has 6 heteroatoms. The molecule has 0 amide bonds. The molecule has 0 unspecified atom stereocenters. The molecular weight excluding hydrogens is 375 g/mol. The fraction of sp³-hybridized carbons (Fsp3) is 0.385. The number of halogens is 2. The van der Waals surface area contributed by atoms with Gasteiger partial charge in [-0.15, -0.1) is 0 Å². The van der Waals surface area contributed by atoms with Crippen LogP contribution in [0.3, 0.4) is 0 Å². The lowest BCUT2D eigenvalue weighted by Crippen LogP contribution is -2.05. The van der Waals surface area contributed by atoms with Gasteiger partial charge in [0.15, 0.2) is 11.6 Å². The molecule has 2 heterocycles. The zero-order valence-corrected chi connectivity index (χ0v) is 13.9. The highest BCUT2D eigenvalue weighted by Gasteiger charge is 2.14. The molecule has 0 saturated heterocycles. The predicted octanol–water partition coefficient (Wildman–Crippen LogP) is 3.70. The SMILES string of the molecule is Cc1cnc(-c2nc(Cl)c(I)c(CC(C)C)n2)nc1. The zero-order chi connectivity index (χ0) is 14.0. The van der Waals surface area contributed by atoms with Crippen molar-refractivity contribution in [2.75, 3.05) is 0 Å². The van der Waals surface area contributed by atoms with Crippen molar-refractivity contribution in [1.29, 1.82) is 0 Å². The van der Waals surface area contributed by atoms with Gasteiger partial charge in [0.05, 0.1) is 9.26 Å². The molecule has 0 atom stereocenters. The van der Waals surface area contributed by atoms with Crippen LogP contribution in [0.1, 0.15) is 25.1 Å². The Bertz CT molecular complexity index is 584. The average molecular weight is 389 g/mol. The second kappa shape index (κ2) is 6.09. The summed E-state index contributed by atoms with van der Waals surface area (Å²) in [6.07, 6.45) is 4.36. The number of hydrogen-bond donors (Lipinski definition) is 0. The summed E-state index contributed by atoms with van der Waals surface area (Å²) in [7, 11) is 0. The Balaban J connectivity index is 2.46. The van der Waals surface area contributed by atoms with Crippen molar-refractivity contribution in [3.8, 4) is 11.6 Å². The van der Waals surface area contributed by atoms with Gasteiger partial charge in [-0.2, -0.15) is 0 Å². The molecule has 0 aliphatic rings. The number of nitrogens with zero attached hydrogens (tertiary/aromatic N) is 4. The smallest absolute Gasteiger partial charge is 0.199 e. The van der Waals surface area contributed by atoms with Crippen LogP contribution in [0.25, 0.3) is 11.6 Å². The van der Waals surface area contributed by atoms with Gasteiger partial charge in [0.25, 0.3) is 0 Å². The third-order valence-electron chi connectivity index (χ3n) is 2.46. The maximum absolute atomic E-state index is 6.17. The van der Waals surface area contributed by atoms with Crippen molar-refractivity contribution >= 4 is 34.2 Å². The number of aryl methyl sites for hydroxylation is 1. The predicted molar refractivity (Wildman–Crippen MR) is 84.1 cm³/mol. The molecule has 2 aromatic rings. The van der Waals surface area contributed by atoms with E-state index in [0.717, 1.165) is 21.2 Å². The van der Waals surface area contributed by atoms with Crippen LogP contribution in [0, 0.1) is 16.4 Å². The summed E-state index contributed by atoms with van der Waals surface area (Å²) >= 11 is 8.35. The van der Waals surface area contributed by atoms with E-state index in [4.69, 9.17) is 11.6 Å². The largest absolute Gasteiger partial charge is 0.234 e. The molecule has 2 aromatic heterocycles. The van der Waals surface area contributed by atoms with Gasteiger partial charge < -0.3 is 0 Å². The van der Waals surface area contributed by atoms with Crippen LogP contribution in [0.2, 0.25) is 5.15 Å². The molecule has 0 aliphatic carbocycles. The van der Waals surface area contributed by atoms with E-state index in [1.807, 2.05) is 6.92 Å². The third-order valence-corrected chi connectivity index (χ3v) is 4.19. The molecule has 0 fully saturated rings. The molecule has 4 nitrogen and oxygen atoms in total. The van der Waals surface area contributed by atoms with Crippen LogP contribution in [-0.2, 0) is 6.42 Å². The van der Waals surface area contributed by atoms with Crippen LogP contribution in [0.4, 0.5) is 0 Å². The summed E-state index contributed by atoms with van der Waals surface area (Å²) in [6.45, 7) is 6.23. The standard InChI is InChI=1S/C13H14ClIN4/c1-7(2)4-9-10(15)11(14)19-13(18-9)12-16-5-8(3)6-17-12/h5-7H,4H2,1-3H3. The second-order valence-electron chi connectivity index (χ2n) is 4.78. The number of rotatable bonds is 3. The highest BCUT2D eigenvalue weighted by atomic mass is 127. The summed E-state index contributed by atoms with van der Waals surface area (Å²) in [5, 5.41) is 0.463. The van der Waals surface area contributed by atoms with Gasteiger partial charge in [0.2, 0.25) is 0 Å². The van der Waals surface area contributed by atoms with Crippen molar-refractivity contribution in [2.45, 2.75) is 27.2 Å².